The molecule has 26 heavy (non-hydrogen) atoms. The van der Waals surface area contributed by atoms with Gasteiger partial charge < -0.3 is 10.1 Å². The SMILES string of the molecule is CCCNC(=O)C1(C)CCN(Cc2ccc(Oc3ccccc3)cc2)C1. The number of benzene rings is 2. The third-order valence-corrected chi connectivity index (χ3v) is 4.94. The largest absolute Gasteiger partial charge is 0.457 e. The summed E-state index contributed by atoms with van der Waals surface area (Å²) in [6.45, 7) is 7.55. The summed E-state index contributed by atoms with van der Waals surface area (Å²) in [5.74, 6) is 1.87. The van der Waals surface area contributed by atoms with Crippen LogP contribution in [0.15, 0.2) is 54.6 Å². The predicted octanol–water partition coefficient (Wildman–Crippen LogP) is 4.22. The van der Waals surface area contributed by atoms with Crippen molar-refractivity contribution >= 4 is 5.91 Å². The number of rotatable bonds is 7. The van der Waals surface area contributed by atoms with Crippen LogP contribution in [0.1, 0.15) is 32.3 Å². The van der Waals surface area contributed by atoms with Crippen molar-refractivity contribution in [3.05, 3.63) is 60.2 Å². The van der Waals surface area contributed by atoms with Crippen LogP contribution in [-0.2, 0) is 11.3 Å². The quantitative estimate of drug-likeness (QED) is 0.811. The summed E-state index contributed by atoms with van der Waals surface area (Å²) in [5.41, 5.74) is 0.967. The number of nitrogens with zero attached hydrogens (tertiary/aromatic N) is 1. The molecule has 3 rings (SSSR count). The normalized spacial score (nSPS) is 20.1. The van der Waals surface area contributed by atoms with Gasteiger partial charge in [-0.15, -0.1) is 0 Å². The maximum Gasteiger partial charge on any atom is 0.227 e. The first-order chi connectivity index (χ1) is 12.6. The molecule has 0 aromatic heterocycles. The van der Waals surface area contributed by atoms with E-state index in [1.165, 1.54) is 5.56 Å². The minimum Gasteiger partial charge on any atom is -0.457 e. The molecular formula is C22H28N2O2. The van der Waals surface area contributed by atoms with E-state index in [1.54, 1.807) is 0 Å². The molecule has 0 spiro atoms. The van der Waals surface area contributed by atoms with Gasteiger partial charge in [-0.25, -0.2) is 0 Å². The third-order valence-electron chi connectivity index (χ3n) is 4.94. The van der Waals surface area contributed by atoms with E-state index in [0.29, 0.717) is 0 Å². The number of nitrogens with one attached hydrogen (secondary N) is 1. The summed E-state index contributed by atoms with van der Waals surface area (Å²) in [4.78, 5) is 14.7. The van der Waals surface area contributed by atoms with Gasteiger partial charge in [0.2, 0.25) is 5.91 Å². The Morgan fingerprint density at radius 3 is 2.50 bits per heavy atom. The molecule has 0 radical (unpaired) electrons. The second kappa shape index (κ2) is 8.37. The Hall–Kier alpha value is -2.33. The molecule has 1 unspecified atom stereocenters. The number of ether oxygens (including phenoxy) is 1. The number of amides is 1. The second-order valence-electron chi connectivity index (χ2n) is 7.34. The molecule has 1 amide bonds. The molecule has 1 saturated heterocycles. The van der Waals surface area contributed by atoms with Crippen LogP contribution in [0.4, 0.5) is 0 Å². The number of hydrogen-bond acceptors (Lipinski definition) is 3. The van der Waals surface area contributed by atoms with Crippen molar-refractivity contribution in [1.82, 2.24) is 10.2 Å². The molecule has 1 heterocycles. The van der Waals surface area contributed by atoms with E-state index < -0.39 is 0 Å². The van der Waals surface area contributed by atoms with Gasteiger partial charge in [-0.2, -0.15) is 0 Å². The van der Waals surface area contributed by atoms with Gasteiger partial charge in [0.05, 0.1) is 5.41 Å². The lowest BCUT2D eigenvalue weighted by Gasteiger charge is -2.23. The van der Waals surface area contributed by atoms with E-state index in [2.05, 4.69) is 36.2 Å². The molecule has 1 fully saturated rings. The Balaban J connectivity index is 1.54. The number of carbonyl (C=O) groups excluding carboxylic acids is 1. The average molecular weight is 352 g/mol. The highest BCUT2D eigenvalue weighted by Crippen LogP contribution is 2.31. The van der Waals surface area contributed by atoms with Crippen LogP contribution in [-0.4, -0.2) is 30.4 Å². The molecule has 0 aliphatic carbocycles. The van der Waals surface area contributed by atoms with Crippen molar-refractivity contribution in [3.63, 3.8) is 0 Å². The number of likely N-dealkylation sites (tertiary alicyclic amines) is 1. The maximum absolute atomic E-state index is 12.4. The molecule has 2 aromatic carbocycles. The van der Waals surface area contributed by atoms with Crippen LogP contribution >= 0.6 is 0 Å². The van der Waals surface area contributed by atoms with E-state index in [1.807, 2.05) is 42.5 Å². The van der Waals surface area contributed by atoms with Gasteiger partial charge in [0, 0.05) is 19.6 Å². The van der Waals surface area contributed by atoms with E-state index in [0.717, 1.165) is 50.5 Å². The van der Waals surface area contributed by atoms with E-state index >= 15 is 0 Å². The Morgan fingerprint density at radius 1 is 1.12 bits per heavy atom. The summed E-state index contributed by atoms with van der Waals surface area (Å²) in [7, 11) is 0. The first-order valence-corrected chi connectivity index (χ1v) is 9.41. The maximum atomic E-state index is 12.4. The molecule has 1 N–H and O–H groups in total. The van der Waals surface area contributed by atoms with Gasteiger partial charge in [0.25, 0.3) is 0 Å². The monoisotopic (exact) mass is 352 g/mol. The summed E-state index contributed by atoms with van der Waals surface area (Å²) >= 11 is 0. The van der Waals surface area contributed by atoms with Crippen LogP contribution in [0, 0.1) is 5.41 Å². The van der Waals surface area contributed by atoms with Crippen LogP contribution in [0.3, 0.4) is 0 Å². The Kier molecular flexibility index (Phi) is 5.94. The minimum absolute atomic E-state index is 0.188. The van der Waals surface area contributed by atoms with Crippen LogP contribution in [0.2, 0.25) is 0 Å². The van der Waals surface area contributed by atoms with Crippen molar-refractivity contribution < 1.29 is 9.53 Å². The standard InChI is InChI=1S/C22H28N2O2/c1-3-14-23-21(25)22(2)13-15-24(17-22)16-18-9-11-20(12-10-18)26-19-7-5-4-6-8-19/h4-12H,3,13-17H2,1-2H3,(H,23,25). The summed E-state index contributed by atoms with van der Waals surface area (Å²) < 4.78 is 5.84. The van der Waals surface area contributed by atoms with E-state index in [9.17, 15) is 4.79 Å². The lowest BCUT2D eigenvalue weighted by molar-refractivity contribution is -0.129. The molecular weight excluding hydrogens is 324 g/mol. The van der Waals surface area contributed by atoms with Gasteiger partial charge in [0.1, 0.15) is 11.5 Å². The van der Waals surface area contributed by atoms with Gasteiger partial charge in [-0.05, 0) is 56.1 Å². The highest BCUT2D eigenvalue weighted by molar-refractivity contribution is 5.82. The van der Waals surface area contributed by atoms with E-state index in [-0.39, 0.29) is 11.3 Å². The lowest BCUT2D eigenvalue weighted by Crippen LogP contribution is -2.41. The van der Waals surface area contributed by atoms with Crippen molar-refractivity contribution in [2.45, 2.75) is 33.2 Å². The fraction of sp³-hybridized carbons (Fsp3) is 0.409. The topological polar surface area (TPSA) is 41.6 Å². The average Bonchev–Trinajstić information content (AvgIpc) is 3.04. The first-order valence-electron chi connectivity index (χ1n) is 9.41. The van der Waals surface area contributed by atoms with Gasteiger partial charge >= 0.3 is 0 Å². The Morgan fingerprint density at radius 2 is 1.81 bits per heavy atom. The lowest BCUT2D eigenvalue weighted by atomic mass is 9.88. The Bertz CT molecular complexity index is 715. The Labute approximate surface area is 156 Å². The van der Waals surface area contributed by atoms with Gasteiger partial charge in [0.15, 0.2) is 0 Å². The smallest absolute Gasteiger partial charge is 0.227 e. The van der Waals surface area contributed by atoms with E-state index in [4.69, 9.17) is 4.74 Å². The fourth-order valence-corrected chi connectivity index (χ4v) is 3.37. The second-order valence-corrected chi connectivity index (χ2v) is 7.34. The molecule has 4 heteroatoms. The predicted molar refractivity (Wildman–Crippen MR) is 104 cm³/mol. The highest BCUT2D eigenvalue weighted by Gasteiger charge is 2.39. The molecule has 2 aromatic rings. The summed E-state index contributed by atoms with van der Waals surface area (Å²) in [6, 6.07) is 18.0. The fourth-order valence-electron chi connectivity index (χ4n) is 3.37. The molecule has 0 bridgehead atoms. The van der Waals surface area contributed by atoms with Crippen LogP contribution < -0.4 is 10.1 Å². The molecule has 1 aliphatic heterocycles. The van der Waals surface area contributed by atoms with Gasteiger partial charge in [-0.1, -0.05) is 37.3 Å². The molecule has 138 valence electrons. The molecule has 1 aliphatic rings. The zero-order valence-corrected chi connectivity index (χ0v) is 15.7. The molecule has 0 saturated carbocycles. The first kappa shape index (κ1) is 18.5. The molecule has 1 atom stereocenters. The van der Waals surface area contributed by atoms with Crippen molar-refractivity contribution in [2.24, 2.45) is 5.41 Å². The zero-order chi connectivity index (χ0) is 18.4. The number of para-hydroxylation sites is 1. The zero-order valence-electron chi connectivity index (χ0n) is 15.7. The number of carbonyl (C=O) groups is 1. The van der Waals surface area contributed by atoms with Gasteiger partial charge in [-0.3, -0.25) is 9.69 Å². The van der Waals surface area contributed by atoms with Crippen LogP contribution in [0.5, 0.6) is 11.5 Å². The van der Waals surface area contributed by atoms with Crippen LogP contribution in [0.25, 0.3) is 0 Å². The van der Waals surface area contributed by atoms with Crippen molar-refractivity contribution in [3.8, 4) is 11.5 Å². The third kappa shape index (κ3) is 4.64. The summed E-state index contributed by atoms with van der Waals surface area (Å²) in [6.07, 6.45) is 1.89. The molecule has 4 nitrogen and oxygen atoms in total. The highest BCUT2D eigenvalue weighted by atomic mass is 16.5. The van der Waals surface area contributed by atoms with Crippen molar-refractivity contribution in [1.29, 1.82) is 0 Å². The number of hydrogen-bond donors (Lipinski definition) is 1. The van der Waals surface area contributed by atoms with Crippen molar-refractivity contribution in [2.75, 3.05) is 19.6 Å². The summed E-state index contributed by atoms with van der Waals surface area (Å²) in [5, 5.41) is 3.05. The minimum atomic E-state index is -0.272.